The van der Waals surface area contributed by atoms with E-state index in [0.717, 1.165) is 55.2 Å². The Morgan fingerprint density at radius 3 is 2.55 bits per heavy atom. The van der Waals surface area contributed by atoms with Crippen LogP contribution in [0.1, 0.15) is 43.0 Å². The van der Waals surface area contributed by atoms with E-state index in [9.17, 15) is 4.79 Å². The van der Waals surface area contributed by atoms with Crippen LogP contribution in [0.3, 0.4) is 0 Å². The normalized spacial score (nSPS) is 16.5. The topological polar surface area (TPSA) is 45.7 Å². The van der Waals surface area contributed by atoms with Gasteiger partial charge in [0.15, 0.2) is 0 Å². The smallest absolute Gasteiger partial charge is 0.222 e. The highest BCUT2D eigenvalue weighted by Gasteiger charge is 2.25. The highest BCUT2D eigenvalue weighted by Crippen LogP contribution is 2.29. The minimum atomic E-state index is -0.192. The first-order chi connectivity index (χ1) is 14.0. The van der Waals surface area contributed by atoms with E-state index in [0.29, 0.717) is 6.42 Å². The lowest BCUT2D eigenvalue weighted by Gasteiger charge is -2.34. The molecule has 0 aliphatic carbocycles. The van der Waals surface area contributed by atoms with Gasteiger partial charge in [-0.05, 0) is 55.6 Å². The molecule has 1 unspecified atom stereocenters. The van der Waals surface area contributed by atoms with Gasteiger partial charge < -0.3 is 14.5 Å². The fourth-order valence-electron chi connectivity index (χ4n) is 3.63. The van der Waals surface area contributed by atoms with E-state index in [1.807, 2.05) is 56.6 Å². The number of aromatic nitrogens is 1. The van der Waals surface area contributed by atoms with Crippen molar-refractivity contribution in [3.63, 3.8) is 0 Å². The highest BCUT2D eigenvalue weighted by atomic mass is 35.5. The van der Waals surface area contributed by atoms with Gasteiger partial charge in [-0.25, -0.2) is 0 Å². The molecule has 1 aromatic heterocycles. The summed E-state index contributed by atoms with van der Waals surface area (Å²) in [6.07, 6.45) is 5.29. The molecule has 0 radical (unpaired) electrons. The third-order valence-electron chi connectivity index (χ3n) is 5.36. The van der Waals surface area contributed by atoms with Crippen LogP contribution in [0.2, 0.25) is 5.02 Å². The summed E-state index contributed by atoms with van der Waals surface area (Å²) >= 11 is 6.06. The number of rotatable bonds is 8. The molecule has 29 heavy (non-hydrogen) atoms. The first-order valence-corrected chi connectivity index (χ1v) is 10.6. The van der Waals surface area contributed by atoms with E-state index in [1.165, 1.54) is 0 Å². The molecule has 1 aliphatic heterocycles. The first-order valence-electron chi connectivity index (χ1n) is 10.3. The van der Waals surface area contributed by atoms with E-state index in [1.54, 1.807) is 11.1 Å². The van der Waals surface area contributed by atoms with Gasteiger partial charge in [0, 0.05) is 44.8 Å². The molecule has 3 rings (SSSR count). The lowest BCUT2D eigenvalue weighted by molar-refractivity contribution is -0.128. The number of hydrogen-bond acceptors (Lipinski definition) is 4. The van der Waals surface area contributed by atoms with Gasteiger partial charge in [-0.1, -0.05) is 29.8 Å². The summed E-state index contributed by atoms with van der Waals surface area (Å²) in [5, 5.41) is 0.717. The fourth-order valence-corrected chi connectivity index (χ4v) is 3.75. The van der Waals surface area contributed by atoms with E-state index in [2.05, 4.69) is 9.88 Å². The van der Waals surface area contributed by atoms with Crippen LogP contribution in [0, 0.1) is 0 Å². The molecule has 156 valence electrons. The van der Waals surface area contributed by atoms with Crippen LogP contribution in [0.5, 0.6) is 0 Å². The molecule has 1 saturated heterocycles. The summed E-state index contributed by atoms with van der Waals surface area (Å²) in [4.78, 5) is 20.3. The van der Waals surface area contributed by atoms with Gasteiger partial charge in [-0.3, -0.25) is 9.78 Å². The average molecular weight is 416 g/mol. The standard InChI is InChI=1S/C23H30ClN3O2/c1-26(2)22(28)7-5-15-27-16-12-20(13-17-27)29-23(21-6-3-4-14-25-21)18-8-10-19(24)11-9-18/h3-4,6,8-11,14,20,23H,5,7,12-13,15-17H2,1-2H3. The number of carbonyl (C=O) groups excluding carboxylic acids is 1. The van der Waals surface area contributed by atoms with Crippen molar-refractivity contribution in [2.24, 2.45) is 0 Å². The van der Waals surface area contributed by atoms with Crippen LogP contribution in [-0.4, -0.2) is 60.5 Å². The molecule has 2 aromatic rings. The molecule has 2 heterocycles. The SMILES string of the molecule is CN(C)C(=O)CCCN1CCC(OC(c2ccc(Cl)cc2)c2ccccn2)CC1. The molecule has 1 fully saturated rings. The predicted octanol–water partition coefficient (Wildman–Crippen LogP) is 4.17. The number of hydrogen-bond donors (Lipinski definition) is 0. The quantitative estimate of drug-likeness (QED) is 0.649. The Balaban J connectivity index is 1.55. The van der Waals surface area contributed by atoms with Crippen molar-refractivity contribution in [3.8, 4) is 0 Å². The number of benzene rings is 1. The second kappa shape index (κ2) is 10.7. The molecule has 0 saturated carbocycles. The van der Waals surface area contributed by atoms with Crippen molar-refractivity contribution in [2.45, 2.75) is 37.9 Å². The van der Waals surface area contributed by atoms with Crippen molar-refractivity contribution in [1.82, 2.24) is 14.8 Å². The molecule has 1 aliphatic rings. The van der Waals surface area contributed by atoms with Gasteiger partial charge in [0.05, 0.1) is 11.8 Å². The number of likely N-dealkylation sites (tertiary alicyclic amines) is 1. The summed E-state index contributed by atoms with van der Waals surface area (Å²) < 4.78 is 6.53. The van der Waals surface area contributed by atoms with Crippen LogP contribution >= 0.6 is 11.6 Å². The summed E-state index contributed by atoms with van der Waals surface area (Å²) in [7, 11) is 3.62. The van der Waals surface area contributed by atoms with Gasteiger partial charge >= 0.3 is 0 Å². The average Bonchev–Trinajstić information content (AvgIpc) is 2.74. The fraction of sp³-hybridized carbons (Fsp3) is 0.478. The van der Waals surface area contributed by atoms with Gasteiger partial charge in [0.2, 0.25) is 5.91 Å². The second-order valence-electron chi connectivity index (χ2n) is 7.75. The van der Waals surface area contributed by atoms with Crippen LogP contribution in [0.4, 0.5) is 0 Å². The van der Waals surface area contributed by atoms with E-state index in [4.69, 9.17) is 16.3 Å². The zero-order valence-corrected chi connectivity index (χ0v) is 18.0. The summed E-state index contributed by atoms with van der Waals surface area (Å²) in [6, 6.07) is 13.7. The summed E-state index contributed by atoms with van der Waals surface area (Å²) in [5.41, 5.74) is 1.98. The minimum absolute atomic E-state index is 0.192. The van der Waals surface area contributed by atoms with E-state index >= 15 is 0 Å². The van der Waals surface area contributed by atoms with Crippen molar-refractivity contribution in [2.75, 3.05) is 33.7 Å². The molecule has 5 nitrogen and oxygen atoms in total. The number of halogens is 1. The lowest BCUT2D eigenvalue weighted by atomic mass is 10.0. The highest BCUT2D eigenvalue weighted by molar-refractivity contribution is 6.30. The molecular weight excluding hydrogens is 386 g/mol. The monoisotopic (exact) mass is 415 g/mol. The maximum Gasteiger partial charge on any atom is 0.222 e. The zero-order valence-electron chi connectivity index (χ0n) is 17.3. The van der Waals surface area contributed by atoms with Crippen LogP contribution in [0.25, 0.3) is 0 Å². The zero-order chi connectivity index (χ0) is 20.6. The Kier molecular flexibility index (Phi) is 8.04. The van der Waals surface area contributed by atoms with Crippen molar-refractivity contribution < 1.29 is 9.53 Å². The summed E-state index contributed by atoms with van der Waals surface area (Å²) in [5.74, 6) is 0.199. The van der Waals surface area contributed by atoms with Crippen molar-refractivity contribution in [1.29, 1.82) is 0 Å². The molecule has 1 atom stereocenters. The second-order valence-corrected chi connectivity index (χ2v) is 8.19. The molecule has 1 amide bonds. The van der Waals surface area contributed by atoms with Gasteiger partial charge in [-0.15, -0.1) is 0 Å². The summed E-state index contributed by atoms with van der Waals surface area (Å²) in [6.45, 7) is 2.96. The Labute approximate surface area is 178 Å². The van der Waals surface area contributed by atoms with Gasteiger partial charge in [-0.2, -0.15) is 0 Å². The molecule has 0 N–H and O–H groups in total. The third kappa shape index (κ3) is 6.53. The Hall–Kier alpha value is -1.95. The number of nitrogens with zero attached hydrogens (tertiary/aromatic N) is 3. The van der Waals surface area contributed by atoms with Gasteiger partial charge in [0.25, 0.3) is 0 Å². The van der Waals surface area contributed by atoms with E-state index in [-0.39, 0.29) is 18.1 Å². The first kappa shape index (κ1) is 21.8. The molecule has 0 bridgehead atoms. The Morgan fingerprint density at radius 2 is 1.93 bits per heavy atom. The number of piperidine rings is 1. The molecule has 0 spiro atoms. The number of carbonyl (C=O) groups is 1. The largest absolute Gasteiger partial charge is 0.364 e. The molecule has 1 aromatic carbocycles. The maximum absolute atomic E-state index is 11.7. The van der Waals surface area contributed by atoms with E-state index < -0.39 is 0 Å². The van der Waals surface area contributed by atoms with Crippen LogP contribution in [-0.2, 0) is 9.53 Å². The van der Waals surface area contributed by atoms with Gasteiger partial charge in [0.1, 0.15) is 6.10 Å². The third-order valence-corrected chi connectivity index (χ3v) is 5.61. The maximum atomic E-state index is 11.7. The Morgan fingerprint density at radius 1 is 1.21 bits per heavy atom. The Bertz CT molecular complexity index is 759. The van der Waals surface area contributed by atoms with Crippen LogP contribution < -0.4 is 0 Å². The number of ether oxygens (including phenoxy) is 1. The number of amides is 1. The minimum Gasteiger partial charge on any atom is -0.364 e. The van der Waals surface area contributed by atoms with Crippen molar-refractivity contribution in [3.05, 3.63) is 64.9 Å². The van der Waals surface area contributed by atoms with Crippen LogP contribution in [0.15, 0.2) is 48.7 Å². The number of pyridine rings is 1. The molecular formula is C23H30ClN3O2. The molecule has 6 heteroatoms. The van der Waals surface area contributed by atoms with Crippen molar-refractivity contribution >= 4 is 17.5 Å². The lowest BCUT2D eigenvalue weighted by Crippen LogP contribution is -2.38. The predicted molar refractivity (Wildman–Crippen MR) is 116 cm³/mol.